The molecule has 0 aromatic heterocycles. The summed E-state index contributed by atoms with van der Waals surface area (Å²) in [4.78, 5) is 26.7. The first-order valence-electron chi connectivity index (χ1n) is 12.8. The van der Waals surface area contributed by atoms with E-state index in [1.54, 1.807) is 6.92 Å². The van der Waals surface area contributed by atoms with Crippen LogP contribution >= 0.6 is 0 Å². The molecule has 37 heavy (non-hydrogen) atoms. The van der Waals surface area contributed by atoms with Crippen LogP contribution in [0.2, 0.25) is 0 Å². The van der Waals surface area contributed by atoms with E-state index in [9.17, 15) is 14.7 Å². The van der Waals surface area contributed by atoms with Crippen LogP contribution in [0.25, 0.3) is 0 Å². The third-order valence-corrected chi connectivity index (χ3v) is 6.99. The molecule has 3 aromatic rings. The van der Waals surface area contributed by atoms with Crippen molar-refractivity contribution < 1.29 is 24.2 Å². The fourth-order valence-corrected chi connectivity index (χ4v) is 4.78. The van der Waals surface area contributed by atoms with E-state index in [1.807, 2.05) is 60.7 Å². The zero-order valence-corrected chi connectivity index (χ0v) is 21.8. The number of carboxylic acid groups (broad SMARTS) is 1. The van der Waals surface area contributed by atoms with Gasteiger partial charge in [0.1, 0.15) is 12.4 Å². The second kappa shape index (κ2) is 11.6. The molecule has 194 valence electrons. The number of ether oxygens (including phenoxy) is 2. The summed E-state index contributed by atoms with van der Waals surface area (Å²) in [6, 6.07) is 23.0. The molecule has 4 rings (SSSR count). The zero-order chi connectivity index (χ0) is 26.4. The van der Waals surface area contributed by atoms with Gasteiger partial charge in [0.05, 0.1) is 6.54 Å². The van der Waals surface area contributed by atoms with Crippen LogP contribution < -0.4 is 9.64 Å². The highest BCUT2D eigenvalue weighted by atomic mass is 16.5. The molecule has 0 aliphatic carbocycles. The van der Waals surface area contributed by atoms with Crippen molar-refractivity contribution in [1.29, 1.82) is 0 Å². The van der Waals surface area contributed by atoms with E-state index >= 15 is 0 Å². The van der Waals surface area contributed by atoms with Gasteiger partial charge in [-0.3, -0.25) is 4.79 Å². The van der Waals surface area contributed by atoms with Gasteiger partial charge in [0.25, 0.3) is 0 Å². The Hall–Kier alpha value is -3.64. The number of hydrogen-bond donors (Lipinski definition) is 1. The quantitative estimate of drug-likeness (QED) is 0.349. The Morgan fingerprint density at radius 1 is 1.00 bits per heavy atom. The highest BCUT2D eigenvalue weighted by molar-refractivity contribution is 6.09. The minimum absolute atomic E-state index is 0.0230. The van der Waals surface area contributed by atoms with Crippen molar-refractivity contribution in [3.63, 3.8) is 0 Å². The molecule has 1 N–H and O–H groups in total. The van der Waals surface area contributed by atoms with Crippen LogP contribution in [-0.4, -0.2) is 49.3 Å². The Balaban J connectivity index is 1.40. The molecule has 3 aromatic carbocycles. The van der Waals surface area contributed by atoms with Crippen molar-refractivity contribution in [3.05, 3.63) is 95.1 Å². The number of carboxylic acids is 1. The third-order valence-electron chi connectivity index (χ3n) is 6.99. The van der Waals surface area contributed by atoms with Gasteiger partial charge in [0, 0.05) is 36.4 Å². The SMILES string of the molecule is CCOC(Cc1ccc(OCCN2CCC(C)(C)c3cc(C(=O)c4ccccc4)ccc32)cc1)C(=O)O. The zero-order valence-electron chi connectivity index (χ0n) is 21.8. The molecule has 0 saturated heterocycles. The van der Waals surface area contributed by atoms with E-state index in [0.717, 1.165) is 36.5 Å². The largest absolute Gasteiger partial charge is 0.492 e. The van der Waals surface area contributed by atoms with Crippen molar-refractivity contribution in [1.82, 2.24) is 0 Å². The van der Waals surface area contributed by atoms with Crippen molar-refractivity contribution >= 4 is 17.4 Å². The summed E-state index contributed by atoms with van der Waals surface area (Å²) in [5.41, 5.74) is 4.61. The summed E-state index contributed by atoms with van der Waals surface area (Å²) in [7, 11) is 0. The van der Waals surface area contributed by atoms with Crippen LogP contribution in [0, 0.1) is 0 Å². The van der Waals surface area contributed by atoms with Crippen LogP contribution in [0.4, 0.5) is 5.69 Å². The number of carbonyl (C=O) groups is 2. The second-order valence-corrected chi connectivity index (χ2v) is 10.0. The van der Waals surface area contributed by atoms with Crippen molar-refractivity contribution in [2.45, 2.75) is 45.1 Å². The lowest BCUT2D eigenvalue weighted by Gasteiger charge is -2.40. The smallest absolute Gasteiger partial charge is 0.333 e. The Morgan fingerprint density at radius 3 is 2.41 bits per heavy atom. The predicted octanol–water partition coefficient (Wildman–Crippen LogP) is 5.52. The van der Waals surface area contributed by atoms with E-state index in [0.29, 0.717) is 30.8 Å². The summed E-state index contributed by atoms with van der Waals surface area (Å²) in [6.07, 6.45) is 0.463. The Morgan fingerprint density at radius 2 is 1.73 bits per heavy atom. The lowest BCUT2D eigenvalue weighted by atomic mass is 9.76. The lowest BCUT2D eigenvalue weighted by Crippen LogP contribution is -2.39. The number of ketones is 1. The minimum atomic E-state index is -0.955. The number of anilines is 1. The maximum absolute atomic E-state index is 13.0. The van der Waals surface area contributed by atoms with Crippen LogP contribution in [0.15, 0.2) is 72.8 Å². The third kappa shape index (κ3) is 6.38. The number of fused-ring (bicyclic) bond motifs is 1. The van der Waals surface area contributed by atoms with Gasteiger partial charge < -0.3 is 19.5 Å². The van der Waals surface area contributed by atoms with E-state index in [4.69, 9.17) is 9.47 Å². The normalized spacial score (nSPS) is 15.1. The molecule has 1 unspecified atom stereocenters. The predicted molar refractivity (Wildman–Crippen MR) is 145 cm³/mol. The maximum atomic E-state index is 13.0. The van der Waals surface area contributed by atoms with Gasteiger partial charge in [0.2, 0.25) is 0 Å². The fourth-order valence-electron chi connectivity index (χ4n) is 4.78. The first kappa shape index (κ1) is 26.4. The molecule has 1 aliphatic heterocycles. The summed E-state index contributed by atoms with van der Waals surface area (Å²) in [6.45, 7) is 8.78. The molecule has 1 atom stereocenters. The molecule has 0 saturated carbocycles. The van der Waals surface area contributed by atoms with E-state index < -0.39 is 12.1 Å². The van der Waals surface area contributed by atoms with Gasteiger partial charge in [-0.1, -0.05) is 56.3 Å². The van der Waals surface area contributed by atoms with Gasteiger partial charge >= 0.3 is 5.97 Å². The Labute approximate surface area is 218 Å². The summed E-state index contributed by atoms with van der Waals surface area (Å²) < 4.78 is 11.3. The molecule has 1 heterocycles. The van der Waals surface area contributed by atoms with E-state index in [1.165, 1.54) is 5.56 Å². The Kier molecular flexibility index (Phi) is 8.29. The van der Waals surface area contributed by atoms with Crippen molar-refractivity contribution in [2.24, 2.45) is 0 Å². The minimum Gasteiger partial charge on any atom is -0.492 e. The van der Waals surface area contributed by atoms with Crippen LogP contribution in [0.1, 0.15) is 54.2 Å². The number of aliphatic carboxylic acids is 1. The van der Waals surface area contributed by atoms with E-state index in [-0.39, 0.29) is 11.2 Å². The Bertz CT molecular complexity index is 1220. The summed E-state index contributed by atoms with van der Waals surface area (Å²) in [5, 5.41) is 9.29. The van der Waals surface area contributed by atoms with Crippen LogP contribution in [0.5, 0.6) is 5.75 Å². The summed E-state index contributed by atoms with van der Waals surface area (Å²) >= 11 is 0. The second-order valence-electron chi connectivity index (χ2n) is 10.0. The number of carbonyl (C=O) groups excluding carboxylic acids is 1. The number of rotatable bonds is 11. The molecular weight excluding hydrogens is 466 g/mol. The highest BCUT2D eigenvalue weighted by Crippen LogP contribution is 2.40. The first-order chi connectivity index (χ1) is 17.8. The van der Waals surface area contributed by atoms with Crippen LogP contribution in [0.3, 0.4) is 0 Å². The van der Waals surface area contributed by atoms with Gasteiger partial charge in [0.15, 0.2) is 11.9 Å². The van der Waals surface area contributed by atoms with Gasteiger partial charge in [-0.05, 0) is 60.2 Å². The van der Waals surface area contributed by atoms with Gasteiger partial charge in [-0.25, -0.2) is 4.79 Å². The summed E-state index contributed by atoms with van der Waals surface area (Å²) in [5.74, 6) is -0.170. The fraction of sp³-hybridized carbons (Fsp3) is 0.355. The highest BCUT2D eigenvalue weighted by Gasteiger charge is 2.32. The first-order valence-corrected chi connectivity index (χ1v) is 12.8. The number of hydrogen-bond acceptors (Lipinski definition) is 5. The molecule has 0 radical (unpaired) electrons. The number of benzene rings is 3. The standard InChI is InChI=1S/C31H35NO5/c1-4-36-28(30(34)35)20-22-10-13-25(14-11-22)37-19-18-32-17-16-31(2,3)26-21-24(12-15-27(26)32)29(33)23-8-6-5-7-9-23/h5-15,21,28H,4,16-20H2,1-3H3,(H,34,35). The molecule has 6 nitrogen and oxygen atoms in total. The average molecular weight is 502 g/mol. The molecular formula is C31H35NO5. The molecule has 0 amide bonds. The van der Waals surface area contributed by atoms with Crippen LogP contribution in [-0.2, 0) is 21.4 Å². The van der Waals surface area contributed by atoms with E-state index in [2.05, 4.69) is 30.9 Å². The monoisotopic (exact) mass is 501 g/mol. The van der Waals surface area contributed by atoms with Gasteiger partial charge in [-0.15, -0.1) is 0 Å². The molecule has 0 spiro atoms. The van der Waals surface area contributed by atoms with Crippen molar-refractivity contribution in [2.75, 3.05) is 31.2 Å². The molecule has 0 fully saturated rings. The van der Waals surface area contributed by atoms with Gasteiger partial charge in [-0.2, -0.15) is 0 Å². The van der Waals surface area contributed by atoms with Crippen molar-refractivity contribution in [3.8, 4) is 5.75 Å². The topological polar surface area (TPSA) is 76.1 Å². The molecule has 0 bridgehead atoms. The number of nitrogens with zero attached hydrogens (tertiary/aromatic N) is 1. The lowest BCUT2D eigenvalue weighted by molar-refractivity contribution is -0.149. The molecule has 6 heteroatoms. The molecule has 1 aliphatic rings. The maximum Gasteiger partial charge on any atom is 0.333 e. The average Bonchev–Trinajstić information content (AvgIpc) is 2.90.